The average molecular weight is 465 g/mol. The van der Waals surface area contributed by atoms with Crippen LogP contribution in [0.3, 0.4) is 0 Å². The van der Waals surface area contributed by atoms with E-state index in [0.29, 0.717) is 11.1 Å². The van der Waals surface area contributed by atoms with Crippen LogP contribution in [0.1, 0.15) is 21.5 Å². The summed E-state index contributed by atoms with van der Waals surface area (Å²) in [5.74, 6) is -1.33. The topological polar surface area (TPSA) is 175 Å². The smallest absolute Gasteiger partial charge is 0.337 e. The highest BCUT2D eigenvalue weighted by molar-refractivity contribution is 7.92. The van der Waals surface area contributed by atoms with Gasteiger partial charge in [0.05, 0.1) is 38.9 Å². The molecule has 3 aromatic rings. The second-order valence-electron chi connectivity index (χ2n) is 6.50. The van der Waals surface area contributed by atoms with Crippen LogP contribution in [-0.2, 0) is 10.0 Å². The molecule has 0 unspecified atom stereocenters. The Labute approximate surface area is 187 Å². The van der Waals surface area contributed by atoms with Gasteiger partial charge in [0.15, 0.2) is 0 Å². The summed E-state index contributed by atoms with van der Waals surface area (Å²) in [7, 11) is -4.32. The number of para-hydroxylation sites is 1. The van der Waals surface area contributed by atoms with Crippen molar-refractivity contribution in [2.45, 2.75) is 4.90 Å². The van der Waals surface area contributed by atoms with Crippen LogP contribution in [0, 0.1) is 21.4 Å². The van der Waals surface area contributed by atoms with E-state index in [-0.39, 0.29) is 16.9 Å². The third kappa shape index (κ3) is 5.49. The van der Waals surface area contributed by atoms with Crippen LogP contribution in [0.5, 0.6) is 0 Å². The molecular weight excluding hydrogens is 450 g/mol. The molecule has 0 aliphatic rings. The fourth-order valence-corrected chi connectivity index (χ4v) is 3.81. The normalized spacial score (nSPS) is 11.0. The quantitative estimate of drug-likeness (QED) is 0.257. The lowest BCUT2D eigenvalue weighted by atomic mass is 10.2. The van der Waals surface area contributed by atoms with Crippen molar-refractivity contribution < 1.29 is 23.2 Å². The molecule has 3 rings (SSSR count). The van der Waals surface area contributed by atoms with Gasteiger partial charge >= 0.3 is 5.97 Å². The molecular formula is C21H15N5O6S. The van der Waals surface area contributed by atoms with E-state index in [9.17, 15) is 28.4 Å². The highest BCUT2D eigenvalue weighted by atomic mass is 32.2. The molecule has 0 saturated carbocycles. The Kier molecular flexibility index (Phi) is 6.65. The van der Waals surface area contributed by atoms with Crippen molar-refractivity contribution >= 4 is 39.3 Å². The van der Waals surface area contributed by atoms with Gasteiger partial charge in [-0.25, -0.2) is 13.2 Å². The minimum Gasteiger partial charge on any atom is -0.478 e. The van der Waals surface area contributed by atoms with E-state index >= 15 is 0 Å². The predicted octanol–water partition coefficient (Wildman–Crippen LogP) is 3.41. The van der Waals surface area contributed by atoms with Crippen molar-refractivity contribution in [1.29, 1.82) is 5.26 Å². The molecule has 0 fully saturated rings. The monoisotopic (exact) mass is 465 g/mol. The number of nitro benzene ring substituents is 1. The number of rotatable bonds is 8. The number of hydrazone groups is 1. The van der Waals surface area contributed by atoms with Crippen LogP contribution in [0.15, 0.2) is 76.7 Å². The van der Waals surface area contributed by atoms with Crippen LogP contribution in [0.2, 0.25) is 0 Å². The summed E-state index contributed by atoms with van der Waals surface area (Å²) in [6.45, 7) is 0. The van der Waals surface area contributed by atoms with Crippen molar-refractivity contribution in [3.05, 3.63) is 93.5 Å². The first-order chi connectivity index (χ1) is 15.7. The maximum atomic E-state index is 12.7. The number of carboxylic acid groups (broad SMARTS) is 1. The van der Waals surface area contributed by atoms with Crippen molar-refractivity contribution in [1.82, 2.24) is 0 Å². The zero-order chi connectivity index (χ0) is 24.0. The SMILES string of the molecule is N#Cc1ccc(C=NNc2ccc(S(=O)(=O)Nc3ccccc3C(=O)O)cc2[N+](=O)[O-])cc1. The van der Waals surface area contributed by atoms with Crippen LogP contribution in [-0.4, -0.2) is 30.6 Å². The third-order valence-corrected chi connectivity index (χ3v) is 5.68. The Bertz CT molecular complexity index is 1400. The third-order valence-electron chi connectivity index (χ3n) is 4.32. The van der Waals surface area contributed by atoms with E-state index in [0.717, 1.165) is 12.1 Å². The summed E-state index contributed by atoms with van der Waals surface area (Å²) < 4.78 is 27.6. The molecule has 0 aromatic heterocycles. The van der Waals surface area contributed by atoms with Gasteiger partial charge in [-0.05, 0) is 42.0 Å². The van der Waals surface area contributed by atoms with Crippen molar-refractivity contribution in [3.8, 4) is 6.07 Å². The first-order valence-electron chi connectivity index (χ1n) is 9.14. The highest BCUT2D eigenvalue weighted by Crippen LogP contribution is 2.29. The molecule has 0 aliphatic carbocycles. The summed E-state index contributed by atoms with van der Waals surface area (Å²) in [6.07, 6.45) is 1.37. The summed E-state index contributed by atoms with van der Waals surface area (Å²) in [5.41, 5.74) is 2.52. The number of nitrogens with one attached hydrogen (secondary N) is 2. The maximum Gasteiger partial charge on any atom is 0.337 e. The molecule has 11 nitrogen and oxygen atoms in total. The van der Waals surface area contributed by atoms with Gasteiger partial charge in [-0.15, -0.1) is 0 Å². The van der Waals surface area contributed by atoms with Crippen LogP contribution >= 0.6 is 0 Å². The van der Waals surface area contributed by atoms with Crippen LogP contribution < -0.4 is 10.1 Å². The zero-order valence-electron chi connectivity index (χ0n) is 16.7. The maximum absolute atomic E-state index is 12.7. The molecule has 0 amide bonds. The van der Waals surface area contributed by atoms with E-state index in [2.05, 4.69) is 15.2 Å². The molecule has 12 heteroatoms. The minimum absolute atomic E-state index is 0.0604. The molecule has 0 atom stereocenters. The van der Waals surface area contributed by atoms with Gasteiger partial charge in [0.25, 0.3) is 15.7 Å². The predicted molar refractivity (Wildman–Crippen MR) is 120 cm³/mol. The molecule has 3 N–H and O–H groups in total. The summed E-state index contributed by atoms with van der Waals surface area (Å²) in [5, 5.41) is 33.4. The minimum atomic E-state index is -4.32. The standard InChI is InChI=1S/C21H15N5O6S/c22-12-14-5-7-15(8-6-14)13-23-24-19-10-9-16(11-20(19)26(29)30)33(31,32)25-18-4-2-1-3-17(18)21(27)28/h1-11,13,24-25H,(H,27,28). The molecule has 0 aliphatic heterocycles. The van der Waals surface area contributed by atoms with Gasteiger partial charge in [-0.3, -0.25) is 20.3 Å². The van der Waals surface area contributed by atoms with Gasteiger partial charge < -0.3 is 5.11 Å². The molecule has 33 heavy (non-hydrogen) atoms. The molecule has 0 saturated heterocycles. The second-order valence-corrected chi connectivity index (χ2v) is 8.18. The number of nitrogens with zero attached hydrogens (tertiary/aromatic N) is 3. The van der Waals surface area contributed by atoms with E-state index in [4.69, 9.17) is 5.26 Å². The van der Waals surface area contributed by atoms with Crippen molar-refractivity contribution in [3.63, 3.8) is 0 Å². The summed E-state index contributed by atoms with van der Waals surface area (Å²) >= 11 is 0. The number of benzene rings is 3. The molecule has 0 heterocycles. The number of hydrogen-bond acceptors (Lipinski definition) is 8. The summed E-state index contributed by atoms with van der Waals surface area (Å²) in [4.78, 5) is 21.6. The second kappa shape index (κ2) is 9.58. The lowest BCUT2D eigenvalue weighted by Crippen LogP contribution is -2.16. The fourth-order valence-electron chi connectivity index (χ4n) is 2.71. The number of aromatic carboxylic acids is 1. The molecule has 0 bridgehead atoms. The van der Waals surface area contributed by atoms with Crippen LogP contribution in [0.25, 0.3) is 0 Å². The van der Waals surface area contributed by atoms with E-state index in [1.165, 1.54) is 36.5 Å². The molecule has 0 radical (unpaired) electrons. The molecule has 3 aromatic carbocycles. The Morgan fingerprint density at radius 2 is 1.79 bits per heavy atom. The number of anilines is 2. The van der Waals surface area contributed by atoms with Crippen LogP contribution in [0.4, 0.5) is 17.1 Å². The zero-order valence-corrected chi connectivity index (χ0v) is 17.5. The van der Waals surface area contributed by atoms with Gasteiger partial charge in [0.2, 0.25) is 0 Å². The first-order valence-corrected chi connectivity index (χ1v) is 10.6. The van der Waals surface area contributed by atoms with Crippen molar-refractivity contribution in [2.24, 2.45) is 5.10 Å². The van der Waals surface area contributed by atoms with Gasteiger partial charge in [0.1, 0.15) is 5.69 Å². The number of carbonyl (C=O) groups is 1. The number of hydrogen-bond donors (Lipinski definition) is 3. The Morgan fingerprint density at radius 3 is 2.42 bits per heavy atom. The van der Waals surface area contributed by atoms with E-state index < -0.39 is 31.5 Å². The van der Waals surface area contributed by atoms with E-state index in [1.807, 2.05) is 6.07 Å². The van der Waals surface area contributed by atoms with E-state index in [1.54, 1.807) is 24.3 Å². The first kappa shape index (κ1) is 22.9. The largest absolute Gasteiger partial charge is 0.478 e. The van der Waals surface area contributed by atoms with Gasteiger partial charge in [0, 0.05) is 6.07 Å². The molecule has 166 valence electrons. The average Bonchev–Trinajstić information content (AvgIpc) is 2.79. The highest BCUT2D eigenvalue weighted by Gasteiger charge is 2.23. The fraction of sp³-hybridized carbons (Fsp3) is 0. The number of nitro groups is 1. The number of sulfonamides is 1. The Balaban J connectivity index is 1.86. The Morgan fingerprint density at radius 1 is 1.09 bits per heavy atom. The number of nitriles is 1. The summed E-state index contributed by atoms with van der Waals surface area (Å²) in [6, 6.07) is 16.9. The number of carboxylic acids is 1. The van der Waals surface area contributed by atoms with Gasteiger partial charge in [-0.1, -0.05) is 24.3 Å². The Hall–Kier alpha value is -4.76. The lowest BCUT2D eigenvalue weighted by molar-refractivity contribution is -0.384. The van der Waals surface area contributed by atoms with Crippen molar-refractivity contribution in [2.75, 3.05) is 10.1 Å². The van der Waals surface area contributed by atoms with Gasteiger partial charge in [-0.2, -0.15) is 10.4 Å². The molecule has 0 spiro atoms. The lowest BCUT2D eigenvalue weighted by Gasteiger charge is -2.11.